The zero-order chi connectivity index (χ0) is 13.7. The first-order valence-corrected chi connectivity index (χ1v) is 5.98. The average molecular weight is 256 g/mol. The molecule has 0 bridgehead atoms. The maximum Gasteiger partial charge on any atom is 0.152 e. The molecule has 0 aliphatic heterocycles. The van der Waals surface area contributed by atoms with Gasteiger partial charge in [-0.15, -0.1) is 0 Å². The van der Waals surface area contributed by atoms with Crippen molar-refractivity contribution in [3.05, 3.63) is 54.6 Å². The highest BCUT2D eigenvalue weighted by Crippen LogP contribution is 2.23. The summed E-state index contributed by atoms with van der Waals surface area (Å²) in [5.41, 5.74) is 5.35. The fourth-order valence-electron chi connectivity index (χ4n) is 1.48. The number of hydrogen-bond acceptors (Lipinski definition) is 3. The smallest absolute Gasteiger partial charge is 0.152 e. The van der Waals surface area contributed by atoms with E-state index in [1.54, 1.807) is 19.1 Å². The molecule has 0 fully saturated rings. The highest BCUT2D eigenvalue weighted by molar-refractivity contribution is 5.81. The van der Waals surface area contributed by atoms with Gasteiger partial charge in [0.05, 0.1) is 0 Å². The van der Waals surface area contributed by atoms with Gasteiger partial charge in [0.2, 0.25) is 0 Å². The molecule has 4 heteroatoms. The average Bonchev–Trinajstić information content (AvgIpc) is 2.42. The monoisotopic (exact) mass is 256 g/mol. The van der Waals surface area contributed by atoms with Gasteiger partial charge in [-0.2, -0.15) is 0 Å². The van der Waals surface area contributed by atoms with Crippen molar-refractivity contribution >= 4 is 5.84 Å². The second-order valence-electron chi connectivity index (χ2n) is 4.10. The van der Waals surface area contributed by atoms with E-state index in [4.69, 9.17) is 20.6 Å². The number of rotatable bonds is 5. The van der Waals surface area contributed by atoms with Crippen LogP contribution < -0.4 is 15.2 Å². The van der Waals surface area contributed by atoms with Crippen LogP contribution in [0.1, 0.15) is 6.92 Å². The number of nitrogens with two attached hydrogens (primary N) is 1. The van der Waals surface area contributed by atoms with Crippen molar-refractivity contribution in [3.63, 3.8) is 0 Å². The maximum absolute atomic E-state index is 7.27. The van der Waals surface area contributed by atoms with Gasteiger partial charge in [0.15, 0.2) is 6.10 Å². The van der Waals surface area contributed by atoms with Gasteiger partial charge in [-0.1, -0.05) is 18.2 Å². The fourth-order valence-corrected chi connectivity index (χ4v) is 1.48. The van der Waals surface area contributed by atoms with Crippen LogP contribution in [0.15, 0.2) is 54.6 Å². The predicted molar refractivity (Wildman–Crippen MR) is 75.0 cm³/mol. The molecule has 1 unspecified atom stereocenters. The first kappa shape index (κ1) is 13.0. The van der Waals surface area contributed by atoms with Crippen LogP contribution in [0.5, 0.6) is 17.2 Å². The summed E-state index contributed by atoms with van der Waals surface area (Å²) in [7, 11) is 0. The summed E-state index contributed by atoms with van der Waals surface area (Å²) in [5.74, 6) is 2.18. The second kappa shape index (κ2) is 5.91. The lowest BCUT2D eigenvalue weighted by atomic mass is 10.3. The Morgan fingerprint density at radius 2 is 1.47 bits per heavy atom. The summed E-state index contributed by atoms with van der Waals surface area (Å²) in [6, 6.07) is 16.8. The Morgan fingerprint density at radius 3 is 2.05 bits per heavy atom. The summed E-state index contributed by atoms with van der Waals surface area (Å²) < 4.78 is 11.1. The first-order valence-electron chi connectivity index (χ1n) is 5.98. The molecule has 98 valence electrons. The van der Waals surface area contributed by atoms with Crippen molar-refractivity contribution < 1.29 is 9.47 Å². The van der Waals surface area contributed by atoms with Crippen molar-refractivity contribution in [2.45, 2.75) is 13.0 Å². The Labute approximate surface area is 112 Å². The molecule has 0 aliphatic rings. The van der Waals surface area contributed by atoms with Crippen molar-refractivity contribution in [2.24, 2.45) is 5.73 Å². The standard InChI is InChI=1S/C15H16N2O2/c1-11(15(16)17)18-13-7-9-14(10-8-13)19-12-5-3-2-4-6-12/h2-11H,1H3,(H3,16,17). The molecule has 19 heavy (non-hydrogen) atoms. The molecule has 1 atom stereocenters. The molecule has 0 saturated carbocycles. The molecule has 0 aliphatic carbocycles. The largest absolute Gasteiger partial charge is 0.483 e. The summed E-state index contributed by atoms with van der Waals surface area (Å²) in [6.45, 7) is 1.73. The number of para-hydroxylation sites is 1. The van der Waals surface area contributed by atoms with Gasteiger partial charge < -0.3 is 15.2 Å². The van der Waals surface area contributed by atoms with Gasteiger partial charge in [-0.25, -0.2) is 0 Å². The van der Waals surface area contributed by atoms with E-state index >= 15 is 0 Å². The highest BCUT2D eigenvalue weighted by Gasteiger charge is 2.06. The topological polar surface area (TPSA) is 68.3 Å². The van der Waals surface area contributed by atoms with Gasteiger partial charge in [0, 0.05) is 0 Å². The van der Waals surface area contributed by atoms with Gasteiger partial charge in [-0.3, -0.25) is 5.41 Å². The number of hydrogen-bond donors (Lipinski definition) is 2. The number of amidine groups is 1. The molecular weight excluding hydrogens is 240 g/mol. The third-order valence-electron chi connectivity index (χ3n) is 2.55. The Kier molecular flexibility index (Phi) is 4.03. The van der Waals surface area contributed by atoms with Crippen LogP contribution in [0.4, 0.5) is 0 Å². The predicted octanol–water partition coefficient (Wildman–Crippen LogP) is 3.18. The van der Waals surface area contributed by atoms with Crippen LogP contribution in [-0.2, 0) is 0 Å². The molecular formula is C15H16N2O2. The molecule has 4 nitrogen and oxygen atoms in total. The second-order valence-corrected chi connectivity index (χ2v) is 4.10. The highest BCUT2D eigenvalue weighted by atomic mass is 16.5. The molecule has 2 aromatic carbocycles. The normalized spacial score (nSPS) is 11.6. The van der Waals surface area contributed by atoms with Crippen LogP contribution >= 0.6 is 0 Å². The third-order valence-corrected chi connectivity index (χ3v) is 2.55. The molecule has 3 N–H and O–H groups in total. The van der Waals surface area contributed by atoms with E-state index in [-0.39, 0.29) is 5.84 Å². The summed E-state index contributed by atoms with van der Waals surface area (Å²) in [4.78, 5) is 0. The molecule has 0 amide bonds. The Balaban J connectivity index is 2.01. The molecule has 0 aromatic heterocycles. The molecule has 0 radical (unpaired) electrons. The third kappa shape index (κ3) is 3.74. The summed E-state index contributed by atoms with van der Waals surface area (Å²) >= 11 is 0. The lowest BCUT2D eigenvalue weighted by Gasteiger charge is -2.13. The zero-order valence-electron chi connectivity index (χ0n) is 10.7. The van der Waals surface area contributed by atoms with E-state index in [1.165, 1.54) is 0 Å². The van der Waals surface area contributed by atoms with Gasteiger partial charge in [-0.05, 0) is 43.3 Å². The Bertz CT molecular complexity index is 538. The zero-order valence-corrected chi connectivity index (χ0v) is 10.7. The van der Waals surface area contributed by atoms with Crippen LogP contribution in [0.2, 0.25) is 0 Å². The summed E-state index contributed by atoms with van der Waals surface area (Å²) in [5, 5.41) is 7.27. The first-order chi connectivity index (χ1) is 9.15. The SMILES string of the molecule is CC(Oc1ccc(Oc2ccccc2)cc1)C(=N)N. The van der Waals surface area contributed by atoms with E-state index in [1.807, 2.05) is 42.5 Å². The fraction of sp³-hybridized carbons (Fsp3) is 0.133. The Hall–Kier alpha value is -2.49. The van der Waals surface area contributed by atoms with Crippen LogP contribution in [0.25, 0.3) is 0 Å². The van der Waals surface area contributed by atoms with Crippen molar-refractivity contribution in [1.29, 1.82) is 5.41 Å². The minimum absolute atomic E-state index is 0.00427. The molecule has 2 aromatic rings. The van der Waals surface area contributed by atoms with E-state index in [2.05, 4.69) is 0 Å². The quantitative estimate of drug-likeness (QED) is 0.637. The minimum Gasteiger partial charge on any atom is -0.483 e. The lowest BCUT2D eigenvalue weighted by molar-refractivity contribution is 0.284. The van der Waals surface area contributed by atoms with E-state index in [9.17, 15) is 0 Å². The van der Waals surface area contributed by atoms with E-state index in [0.717, 1.165) is 11.5 Å². The van der Waals surface area contributed by atoms with Crippen molar-refractivity contribution in [3.8, 4) is 17.2 Å². The molecule has 0 heterocycles. The molecule has 0 saturated heterocycles. The van der Waals surface area contributed by atoms with Crippen molar-refractivity contribution in [2.75, 3.05) is 0 Å². The van der Waals surface area contributed by atoms with Gasteiger partial charge in [0.1, 0.15) is 23.1 Å². The number of ether oxygens (including phenoxy) is 2. The molecule has 2 rings (SSSR count). The van der Waals surface area contributed by atoms with Crippen molar-refractivity contribution in [1.82, 2.24) is 0 Å². The van der Waals surface area contributed by atoms with Crippen LogP contribution in [0.3, 0.4) is 0 Å². The lowest BCUT2D eigenvalue weighted by Crippen LogP contribution is -2.29. The number of benzene rings is 2. The van der Waals surface area contributed by atoms with E-state index in [0.29, 0.717) is 5.75 Å². The van der Waals surface area contributed by atoms with Crippen LogP contribution in [0, 0.1) is 5.41 Å². The van der Waals surface area contributed by atoms with Gasteiger partial charge >= 0.3 is 0 Å². The minimum atomic E-state index is -0.430. The molecule has 0 spiro atoms. The number of nitrogens with one attached hydrogen (secondary N) is 1. The Morgan fingerprint density at radius 1 is 0.947 bits per heavy atom. The van der Waals surface area contributed by atoms with E-state index < -0.39 is 6.10 Å². The van der Waals surface area contributed by atoms with Crippen LogP contribution in [-0.4, -0.2) is 11.9 Å². The summed E-state index contributed by atoms with van der Waals surface area (Å²) in [6.07, 6.45) is -0.430. The maximum atomic E-state index is 7.27. The van der Waals surface area contributed by atoms with Gasteiger partial charge in [0.25, 0.3) is 0 Å².